The fraction of sp³-hybridized carbons (Fsp3) is 0.800. The summed E-state index contributed by atoms with van der Waals surface area (Å²) in [6, 6.07) is -0.168. The number of hydrogen-bond donors (Lipinski definition) is 2. The van der Waals surface area contributed by atoms with Crippen LogP contribution in [0.4, 0.5) is 0 Å². The SMILES string of the molecule is O=C(O)C1CSCCN1C(=O)CNC1CC1. The van der Waals surface area contributed by atoms with E-state index in [0.717, 1.165) is 18.6 Å². The van der Waals surface area contributed by atoms with Gasteiger partial charge in [0.05, 0.1) is 6.54 Å². The van der Waals surface area contributed by atoms with Crippen LogP contribution in [-0.2, 0) is 9.59 Å². The van der Waals surface area contributed by atoms with E-state index in [4.69, 9.17) is 5.11 Å². The number of aliphatic carboxylic acids is 1. The number of thioether (sulfide) groups is 1. The molecule has 1 amide bonds. The van der Waals surface area contributed by atoms with E-state index < -0.39 is 12.0 Å². The van der Waals surface area contributed by atoms with E-state index in [9.17, 15) is 9.59 Å². The maximum absolute atomic E-state index is 11.8. The molecule has 90 valence electrons. The monoisotopic (exact) mass is 244 g/mol. The van der Waals surface area contributed by atoms with Crippen LogP contribution >= 0.6 is 11.8 Å². The van der Waals surface area contributed by atoms with Crippen molar-refractivity contribution < 1.29 is 14.7 Å². The van der Waals surface area contributed by atoms with E-state index in [1.807, 2.05) is 0 Å². The summed E-state index contributed by atoms with van der Waals surface area (Å²) in [5.41, 5.74) is 0. The van der Waals surface area contributed by atoms with Crippen LogP contribution in [0.1, 0.15) is 12.8 Å². The van der Waals surface area contributed by atoms with Crippen molar-refractivity contribution in [1.29, 1.82) is 0 Å². The van der Waals surface area contributed by atoms with Crippen LogP contribution in [-0.4, -0.2) is 58.6 Å². The molecule has 0 aromatic carbocycles. The van der Waals surface area contributed by atoms with Crippen molar-refractivity contribution in [3.05, 3.63) is 0 Å². The van der Waals surface area contributed by atoms with Crippen molar-refractivity contribution >= 4 is 23.6 Å². The zero-order valence-corrected chi connectivity index (χ0v) is 9.83. The molecule has 6 heteroatoms. The Balaban J connectivity index is 1.87. The van der Waals surface area contributed by atoms with Gasteiger partial charge >= 0.3 is 5.97 Å². The summed E-state index contributed by atoms with van der Waals surface area (Å²) < 4.78 is 0. The Morgan fingerprint density at radius 2 is 2.19 bits per heavy atom. The molecule has 2 fully saturated rings. The Morgan fingerprint density at radius 3 is 2.81 bits per heavy atom. The predicted molar refractivity (Wildman–Crippen MR) is 61.5 cm³/mol. The lowest BCUT2D eigenvalue weighted by Gasteiger charge is -2.32. The van der Waals surface area contributed by atoms with Gasteiger partial charge in [-0.05, 0) is 12.8 Å². The summed E-state index contributed by atoms with van der Waals surface area (Å²) in [5.74, 6) is 0.357. The number of carbonyl (C=O) groups excluding carboxylic acids is 1. The summed E-state index contributed by atoms with van der Waals surface area (Å²) >= 11 is 1.59. The molecular weight excluding hydrogens is 228 g/mol. The normalized spacial score (nSPS) is 25.5. The standard InChI is InChI=1S/C10H16N2O3S/c13-9(5-11-7-1-2-7)12-3-4-16-6-8(12)10(14)15/h7-8,11H,1-6H2,(H,14,15). The Bertz CT molecular complexity index is 294. The molecule has 1 saturated heterocycles. The number of amides is 1. The first-order valence-corrected chi connectivity index (χ1v) is 6.67. The van der Waals surface area contributed by atoms with Crippen LogP contribution in [0, 0.1) is 0 Å². The van der Waals surface area contributed by atoms with Gasteiger partial charge in [0, 0.05) is 24.1 Å². The van der Waals surface area contributed by atoms with Crippen LogP contribution in [0.3, 0.4) is 0 Å². The third kappa shape index (κ3) is 2.89. The second-order valence-corrected chi connectivity index (χ2v) is 5.32. The number of carboxylic acids is 1. The Labute approximate surface area is 98.6 Å². The molecule has 5 nitrogen and oxygen atoms in total. The molecule has 1 atom stereocenters. The number of carboxylic acid groups (broad SMARTS) is 1. The highest BCUT2D eigenvalue weighted by molar-refractivity contribution is 7.99. The molecule has 16 heavy (non-hydrogen) atoms. The first kappa shape index (κ1) is 11.7. The summed E-state index contributed by atoms with van der Waals surface area (Å²) in [6.07, 6.45) is 2.26. The highest BCUT2D eigenvalue weighted by Gasteiger charge is 2.32. The van der Waals surface area contributed by atoms with Crippen molar-refractivity contribution in [2.24, 2.45) is 0 Å². The van der Waals surface area contributed by atoms with Gasteiger partial charge in [-0.1, -0.05) is 0 Å². The molecule has 0 aromatic rings. The summed E-state index contributed by atoms with van der Waals surface area (Å²) in [7, 11) is 0. The van der Waals surface area contributed by atoms with E-state index in [2.05, 4.69) is 5.32 Å². The molecule has 1 unspecified atom stereocenters. The summed E-state index contributed by atoms with van der Waals surface area (Å²) in [6.45, 7) is 0.825. The van der Waals surface area contributed by atoms with Crippen LogP contribution in [0.5, 0.6) is 0 Å². The van der Waals surface area contributed by atoms with Gasteiger partial charge in [-0.15, -0.1) is 0 Å². The van der Waals surface area contributed by atoms with E-state index in [1.165, 1.54) is 4.90 Å². The first-order valence-electron chi connectivity index (χ1n) is 5.52. The molecule has 1 aliphatic carbocycles. The Hall–Kier alpha value is -0.750. The number of carbonyl (C=O) groups is 2. The maximum atomic E-state index is 11.8. The molecule has 2 N–H and O–H groups in total. The quantitative estimate of drug-likeness (QED) is 0.715. The average molecular weight is 244 g/mol. The molecule has 0 aromatic heterocycles. The fourth-order valence-electron chi connectivity index (χ4n) is 1.73. The van der Waals surface area contributed by atoms with Gasteiger partial charge in [-0.2, -0.15) is 11.8 Å². The molecular formula is C10H16N2O3S. The van der Waals surface area contributed by atoms with Crippen LogP contribution in [0.2, 0.25) is 0 Å². The van der Waals surface area contributed by atoms with Crippen molar-refractivity contribution in [2.45, 2.75) is 24.9 Å². The Morgan fingerprint density at radius 1 is 1.44 bits per heavy atom. The van der Waals surface area contributed by atoms with E-state index in [0.29, 0.717) is 18.3 Å². The van der Waals surface area contributed by atoms with Gasteiger partial charge in [-0.25, -0.2) is 4.79 Å². The zero-order valence-electron chi connectivity index (χ0n) is 9.02. The van der Waals surface area contributed by atoms with Crippen molar-refractivity contribution in [2.75, 3.05) is 24.6 Å². The zero-order chi connectivity index (χ0) is 11.5. The summed E-state index contributed by atoms with van der Waals surface area (Å²) in [4.78, 5) is 24.3. The second kappa shape index (κ2) is 5.05. The maximum Gasteiger partial charge on any atom is 0.327 e. The molecule has 0 spiro atoms. The second-order valence-electron chi connectivity index (χ2n) is 4.17. The lowest BCUT2D eigenvalue weighted by molar-refractivity contribution is -0.148. The lowest BCUT2D eigenvalue weighted by atomic mass is 10.2. The van der Waals surface area contributed by atoms with Crippen LogP contribution in [0.15, 0.2) is 0 Å². The average Bonchev–Trinajstić information content (AvgIpc) is 3.09. The van der Waals surface area contributed by atoms with E-state index in [1.54, 1.807) is 11.8 Å². The molecule has 2 rings (SSSR count). The van der Waals surface area contributed by atoms with E-state index >= 15 is 0 Å². The fourth-order valence-corrected chi connectivity index (χ4v) is 2.77. The topological polar surface area (TPSA) is 69.6 Å². The number of nitrogens with one attached hydrogen (secondary N) is 1. The first-order chi connectivity index (χ1) is 7.68. The largest absolute Gasteiger partial charge is 0.480 e. The van der Waals surface area contributed by atoms with Crippen molar-refractivity contribution in [3.63, 3.8) is 0 Å². The highest BCUT2D eigenvalue weighted by Crippen LogP contribution is 2.19. The number of nitrogens with zero attached hydrogens (tertiary/aromatic N) is 1. The van der Waals surface area contributed by atoms with Gasteiger partial charge in [0.25, 0.3) is 0 Å². The highest BCUT2D eigenvalue weighted by atomic mass is 32.2. The number of hydrogen-bond acceptors (Lipinski definition) is 4. The van der Waals surface area contributed by atoms with Crippen LogP contribution < -0.4 is 5.32 Å². The molecule has 1 saturated carbocycles. The minimum atomic E-state index is -0.896. The van der Waals surface area contributed by atoms with Crippen LogP contribution in [0.25, 0.3) is 0 Å². The molecule has 2 aliphatic rings. The van der Waals surface area contributed by atoms with Gasteiger partial charge in [0.15, 0.2) is 0 Å². The summed E-state index contributed by atoms with van der Waals surface area (Å²) in [5, 5.41) is 12.1. The smallest absolute Gasteiger partial charge is 0.327 e. The number of rotatable bonds is 4. The van der Waals surface area contributed by atoms with Gasteiger partial charge in [0.2, 0.25) is 5.91 Å². The van der Waals surface area contributed by atoms with Gasteiger partial charge in [-0.3, -0.25) is 4.79 Å². The molecule has 0 radical (unpaired) electrons. The lowest BCUT2D eigenvalue weighted by Crippen LogP contribution is -2.52. The van der Waals surface area contributed by atoms with Crippen molar-refractivity contribution in [3.8, 4) is 0 Å². The molecule has 1 aliphatic heterocycles. The molecule has 0 bridgehead atoms. The molecule has 1 heterocycles. The van der Waals surface area contributed by atoms with Gasteiger partial charge in [0.1, 0.15) is 6.04 Å². The van der Waals surface area contributed by atoms with E-state index in [-0.39, 0.29) is 12.5 Å². The third-order valence-electron chi connectivity index (χ3n) is 2.85. The third-order valence-corrected chi connectivity index (χ3v) is 3.88. The predicted octanol–water partition coefficient (Wildman–Crippen LogP) is -0.233. The van der Waals surface area contributed by atoms with Gasteiger partial charge < -0.3 is 15.3 Å². The minimum absolute atomic E-state index is 0.0837. The Kier molecular flexibility index (Phi) is 3.70. The van der Waals surface area contributed by atoms with Crippen molar-refractivity contribution in [1.82, 2.24) is 10.2 Å². The minimum Gasteiger partial charge on any atom is -0.480 e.